The number of piperidine rings is 1. The number of nitrogens with one attached hydrogen (secondary N) is 3. The van der Waals surface area contributed by atoms with Gasteiger partial charge in [-0.3, -0.25) is 14.4 Å². The largest absolute Gasteiger partial charge is 0.359 e. The van der Waals surface area contributed by atoms with E-state index in [2.05, 4.69) is 31.3 Å². The standard InChI is InChI=1S/C20H27N7O3/c1-21-17(28)10-9-16-4-2-3-13-27(16)18(29)11-12-22-20(30)15-7-5-14(6-8-15)19-23-25-26-24-19/h5-8,16H,2-4,9-13H2,1H3,(H,21,28)(H,22,30)(H,23,24,25,26). The molecular weight excluding hydrogens is 386 g/mol. The fourth-order valence-corrected chi connectivity index (χ4v) is 3.64. The predicted octanol–water partition coefficient (Wildman–Crippen LogP) is 0.894. The van der Waals surface area contributed by atoms with Gasteiger partial charge in [-0.15, -0.1) is 10.2 Å². The molecule has 3 N–H and O–H groups in total. The van der Waals surface area contributed by atoms with Crippen molar-refractivity contribution in [2.75, 3.05) is 20.1 Å². The summed E-state index contributed by atoms with van der Waals surface area (Å²) in [5, 5.41) is 19.1. The molecule has 3 amide bonds. The van der Waals surface area contributed by atoms with E-state index >= 15 is 0 Å². The molecule has 1 fully saturated rings. The molecule has 10 heteroatoms. The Hall–Kier alpha value is -3.30. The molecule has 10 nitrogen and oxygen atoms in total. The molecule has 30 heavy (non-hydrogen) atoms. The number of tetrazole rings is 1. The van der Waals surface area contributed by atoms with E-state index in [0.717, 1.165) is 24.8 Å². The summed E-state index contributed by atoms with van der Waals surface area (Å²) in [7, 11) is 1.62. The summed E-state index contributed by atoms with van der Waals surface area (Å²) in [6.07, 6.45) is 4.29. The Morgan fingerprint density at radius 1 is 1.17 bits per heavy atom. The van der Waals surface area contributed by atoms with Crippen LogP contribution in [0, 0.1) is 0 Å². The van der Waals surface area contributed by atoms with Crippen LogP contribution in [-0.4, -0.2) is 69.4 Å². The zero-order valence-corrected chi connectivity index (χ0v) is 17.1. The summed E-state index contributed by atoms with van der Waals surface area (Å²) in [6, 6.07) is 6.95. The van der Waals surface area contributed by atoms with Gasteiger partial charge in [0.1, 0.15) is 0 Å². The molecule has 1 aliphatic heterocycles. The molecule has 0 bridgehead atoms. The zero-order valence-electron chi connectivity index (χ0n) is 17.1. The lowest BCUT2D eigenvalue weighted by Crippen LogP contribution is -2.45. The van der Waals surface area contributed by atoms with Crippen LogP contribution in [0.4, 0.5) is 0 Å². The number of aromatic amines is 1. The third kappa shape index (κ3) is 5.62. The molecule has 1 atom stereocenters. The lowest BCUT2D eigenvalue weighted by Gasteiger charge is -2.36. The van der Waals surface area contributed by atoms with Crippen molar-refractivity contribution in [3.63, 3.8) is 0 Å². The first-order valence-corrected chi connectivity index (χ1v) is 10.2. The second-order valence-corrected chi connectivity index (χ2v) is 7.27. The van der Waals surface area contributed by atoms with Crippen LogP contribution in [0.1, 0.15) is 48.9 Å². The molecule has 3 rings (SSSR count). The number of benzene rings is 1. The first kappa shape index (κ1) is 21.4. The summed E-state index contributed by atoms with van der Waals surface area (Å²) < 4.78 is 0. The number of carbonyl (C=O) groups excluding carboxylic acids is 3. The molecule has 1 saturated heterocycles. The lowest BCUT2D eigenvalue weighted by molar-refractivity contribution is -0.135. The Labute approximate surface area is 174 Å². The minimum Gasteiger partial charge on any atom is -0.359 e. The van der Waals surface area contributed by atoms with E-state index in [9.17, 15) is 14.4 Å². The summed E-state index contributed by atoms with van der Waals surface area (Å²) in [5.41, 5.74) is 1.25. The normalized spacial score (nSPS) is 16.2. The minimum atomic E-state index is -0.239. The van der Waals surface area contributed by atoms with Crippen LogP contribution in [0.15, 0.2) is 24.3 Å². The highest BCUT2D eigenvalue weighted by Gasteiger charge is 2.26. The van der Waals surface area contributed by atoms with Crippen LogP contribution in [0.25, 0.3) is 11.4 Å². The molecule has 1 aliphatic rings. The number of aromatic nitrogens is 4. The van der Waals surface area contributed by atoms with Crippen LogP contribution < -0.4 is 10.6 Å². The summed E-state index contributed by atoms with van der Waals surface area (Å²) in [4.78, 5) is 38.4. The van der Waals surface area contributed by atoms with Gasteiger partial charge < -0.3 is 15.5 Å². The van der Waals surface area contributed by atoms with Gasteiger partial charge in [0.2, 0.25) is 17.6 Å². The summed E-state index contributed by atoms with van der Waals surface area (Å²) in [5.74, 6) is 0.229. The topological polar surface area (TPSA) is 133 Å². The molecule has 0 spiro atoms. The van der Waals surface area contributed by atoms with E-state index in [4.69, 9.17) is 0 Å². The lowest BCUT2D eigenvalue weighted by atomic mass is 9.97. The van der Waals surface area contributed by atoms with E-state index in [1.54, 1.807) is 31.3 Å². The van der Waals surface area contributed by atoms with Crippen molar-refractivity contribution in [1.29, 1.82) is 0 Å². The Kier molecular flexibility index (Phi) is 7.47. The number of hydrogen-bond acceptors (Lipinski definition) is 6. The van der Waals surface area contributed by atoms with E-state index in [-0.39, 0.29) is 36.7 Å². The maximum absolute atomic E-state index is 12.7. The van der Waals surface area contributed by atoms with Crippen LogP contribution in [-0.2, 0) is 9.59 Å². The van der Waals surface area contributed by atoms with Crippen molar-refractivity contribution in [2.45, 2.75) is 44.6 Å². The Bertz CT molecular complexity index is 852. The van der Waals surface area contributed by atoms with Crippen molar-refractivity contribution in [2.24, 2.45) is 0 Å². The maximum Gasteiger partial charge on any atom is 0.251 e. The SMILES string of the molecule is CNC(=O)CCC1CCCCN1C(=O)CCNC(=O)c1ccc(-c2nn[nH]n2)cc1. The number of likely N-dealkylation sites (tertiary alicyclic amines) is 1. The predicted molar refractivity (Wildman–Crippen MR) is 109 cm³/mol. The van der Waals surface area contributed by atoms with Crippen molar-refractivity contribution in [1.82, 2.24) is 36.2 Å². The number of amides is 3. The first-order chi connectivity index (χ1) is 14.6. The molecule has 0 aliphatic carbocycles. The monoisotopic (exact) mass is 413 g/mol. The van der Waals surface area contributed by atoms with Crippen molar-refractivity contribution in [3.8, 4) is 11.4 Å². The van der Waals surface area contributed by atoms with E-state index in [1.165, 1.54) is 0 Å². The average molecular weight is 413 g/mol. The van der Waals surface area contributed by atoms with Gasteiger partial charge in [0.15, 0.2) is 0 Å². The third-order valence-electron chi connectivity index (χ3n) is 5.31. The van der Waals surface area contributed by atoms with Gasteiger partial charge in [-0.05, 0) is 43.0 Å². The Morgan fingerprint density at radius 3 is 2.67 bits per heavy atom. The van der Waals surface area contributed by atoms with Crippen LogP contribution >= 0.6 is 0 Å². The van der Waals surface area contributed by atoms with Crippen molar-refractivity contribution >= 4 is 17.7 Å². The van der Waals surface area contributed by atoms with Gasteiger partial charge in [0.25, 0.3) is 5.91 Å². The number of H-pyrrole nitrogens is 1. The third-order valence-corrected chi connectivity index (χ3v) is 5.31. The number of rotatable bonds is 8. The van der Waals surface area contributed by atoms with Gasteiger partial charge >= 0.3 is 0 Å². The maximum atomic E-state index is 12.7. The van der Waals surface area contributed by atoms with Crippen LogP contribution in [0.2, 0.25) is 0 Å². The van der Waals surface area contributed by atoms with Crippen LogP contribution in [0.5, 0.6) is 0 Å². The number of nitrogens with zero attached hydrogens (tertiary/aromatic N) is 4. The summed E-state index contributed by atoms with van der Waals surface area (Å²) >= 11 is 0. The van der Waals surface area contributed by atoms with Crippen molar-refractivity contribution < 1.29 is 14.4 Å². The minimum absolute atomic E-state index is 0.00872. The van der Waals surface area contributed by atoms with Gasteiger partial charge in [0.05, 0.1) is 0 Å². The average Bonchev–Trinajstić information content (AvgIpc) is 3.32. The Balaban J connectivity index is 1.46. The molecule has 0 radical (unpaired) electrons. The van der Waals surface area contributed by atoms with E-state index < -0.39 is 0 Å². The number of hydrogen-bond donors (Lipinski definition) is 3. The zero-order chi connectivity index (χ0) is 21.3. The second kappa shape index (κ2) is 10.5. The summed E-state index contributed by atoms with van der Waals surface area (Å²) in [6.45, 7) is 0.978. The van der Waals surface area contributed by atoms with E-state index in [0.29, 0.717) is 30.8 Å². The van der Waals surface area contributed by atoms with Gasteiger partial charge in [-0.25, -0.2) is 0 Å². The Morgan fingerprint density at radius 2 is 1.97 bits per heavy atom. The molecule has 160 valence electrons. The fourth-order valence-electron chi connectivity index (χ4n) is 3.64. The molecule has 0 saturated carbocycles. The van der Waals surface area contributed by atoms with Gasteiger partial charge in [-0.1, -0.05) is 12.1 Å². The molecule has 1 aromatic heterocycles. The molecule has 1 aromatic carbocycles. The molecular formula is C20H27N7O3. The van der Waals surface area contributed by atoms with Gasteiger partial charge in [0, 0.05) is 50.1 Å². The van der Waals surface area contributed by atoms with E-state index in [1.807, 2.05) is 4.90 Å². The second-order valence-electron chi connectivity index (χ2n) is 7.27. The number of carbonyl (C=O) groups is 3. The highest BCUT2D eigenvalue weighted by atomic mass is 16.2. The molecule has 2 aromatic rings. The fraction of sp³-hybridized carbons (Fsp3) is 0.500. The van der Waals surface area contributed by atoms with Gasteiger partial charge in [-0.2, -0.15) is 5.21 Å². The molecule has 2 heterocycles. The van der Waals surface area contributed by atoms with Crippen LogP contribution in [0.3, 0.4) is 0 Å². The highest BCUT2D eigenvalue weighted by molar-refractivity contribution is 5.94. The quantitative estimate of drug-likeness (QED) is 0.589. The molecule has 1 unspecified atom stereocenters. The highest BCUT2D eigenvalue weighted by Crippen LogP contribution is 2.21. The van der Waals surface area contributed by atoms with Crippen molar-refractivity contribution in [3.05, 3.63) is 29.8 Å². The first-order valence-electron chi connectivity index (χ1n) is 10.2. The smallest absolute Gasteiger partial charge is 0.251 e.